The molecule has 1 amide bonds. The number of aromatic amines is 1. The number of likely N-dealkylation sites (tertiary alicyclic amines) is 1. The Hall–Kier alpha value is -3.13. The van der Waals surface area contributed by atoms with E-state index in [1.54, 1.807) is 6.33 Å². The molecule has 2 aliphatic rings. The van der Waals surface area contributed by atoms with Crippen LogP contribution < -0.4 is 0 Å². The van der Waals surface area contributed by atoms with Crippen LogP contribution in [0, 0.1) is 11.3 Å². The van der Waals surface area contributed by atoms with Crippen molar-refractivity contribution in [3.05, 3.63) is 65.0 Å². The second kappa shape index (κ2) is 5.70. The molecule has 2 heterocycles. The van der Waals surface area contributed by atoms with Gasteiger partial charge in [0.2, 0.25) is 0 Å². The molecule has 1 aliphatic heterocycles. The highest BCUT2D eigenvalue weighted by Gasteiger charge is 2.40. The number of benzene rings is 2. The summed E-state index contributed by atoms with van der Waals surface area (Å²) < 4.78 is 0. The predicted molar refractivity (Wildman–Crippen MR) is 97.8 cm³/mol. The topological polar surface area (TPSA) is 72.8 Å². The molecule has 0 radical (unpaired) electrons. The van der Waals surface area contributed by atoms with Gasteiger partial charge in [0.15, 0.2) is 0 Å². The predicted octanol–water partition coefficient (Wildman–Crippen LogP) is 3.38. The van der Waals surface area contributed by atoms with E-state index in [4.69, 9.17) is 5.26 Å². The van der Waals surface area contributed by atoms with Gasteiger partial charge in [-0.05, 0) is 60.7 Å². The summed E-state index contributed by atoms with van der Waals surface area (Å²) in [5, 5.41) is 9.16. The maximum atomic E-state index is 13.2. The molecule has 1 aliphatic carbocycles. The van der Waals surface area contributed by atoms with E-state index >= 15 is 0 Å². The van der Waals surface area contributed by atoms with Gasteiger partial charge < -0.3 is 9.88 Å². The van der Waals surface area contributed by atoms with Crippen molar-refractivity contribution < 1.29 is 4.79 Å². The lowest BCUT2D eigenvalue weighted by Gasteiger charge is -2.38. The van der Waals surface area contributed by atoms with Gasteiger partial charge in [0.05, 0.1) is 29.0 Å². The number of carbonyl (C=O) groups is 1. The van der Waals surface area contributed by atoms with E-state index < -0.39 is 0 Å². The van der Waals surface area contributed by atoms with E-state index in [1.165, 1.54) is 11.1 Å². The van der Waals surface area contributed by atoms with Gasteiger partial charge >= 0.3 is 0 Å². The first-order valence-corrected chi connectivity index (χ1v) is 9.01. The molecule has 1 aromatic heterocycles. The Bertz CT molecular complexity index is 1060. The van der Waals surface area contributed by atoms with Crippen molar-refractivity contribution in [2.24, 2.45) is 0 Å². The number of hydrogen-bond acceptors (Lipinski definition) is 3. The standard InChI is InChI=1S/C21H18N4O/c22-11-13-3-5-16-15(8-13)10-20-17(16)2-1-7-25(20)21(26)14-4-6-18-19(9-14)24-12-23-18/h3-6,8-9,12,17,20H,1-2,7,10H2,(H,23,24)/t17-,20+/m0/s1. The molecular weight excluding hydrogens is 324 g/mol. The molecule has 26 heavy (non-hydrogen) atoms. The maximum Gasteiger partial charge on any atom is 0.254 e. The quantitative estimate of drug-likeness (QED) is 0.737. The van der Waals surface area contributed by atoms with Crippen LogP contribution in [0.5, 0.6) is 0 Å². The number of imidazole rings is 1. The van der Waals surface area contributed by atoms with Gasteiger partial charge in [0.1, 0.15) is 0 Å². The first-order valence-electron chi connectivity index (χ1n) is 9.01. The number of carbonyl (C=O) groups excluding carboxylic acids is 1. The smallest absolute Gasteiger partial charge is 0.254 e. The summed E-state index contributed by atoms with van der Waals surface area (Å²) in [6.45, 7) is 0.792. The Morgan fingerprint density at radius 3 is 3.08 bits per heavy atom. The van der Waals surface area contributed by atoms with Crippen molar-refractivity contribution in [1.82, 2.24) is 14.9 Å². The Morgan fingerprint density at radius 2 is 2.19 bits per heavy atom. The number of piperidine rings is 1. The molecule has 2 aromatic carbocycles. The van der Waals surface area contributed by atoms with Gasteiger partial charge in [-0.25, -0.2) is 4.98 Å². The summed E-state index contributed by atoms with van der Waals surface area (Å²) in [6, 6.07) is 14.0. The molecule has 1 fully saturated rings. The summed E-state index contributed by atoms with van der Waals surface area (Å²) in [4.78, 5) is 22.6. The SMILES string of the molecule is N#Cc1ccc2c(c1)C[C@@H]1[C@H]2CCCN1C(=O)c1ccc2nc[nH]c2c1. The first-order chi connectivity index (χ1) is 12.7. The number of fused-ring (bicyclic) bond motifs is 4. The van der Waals surface area contributed by atoms with E-state index in [0.29, 0.717) is 17.0 Å². The number of nitriles is 1. The van der Waals surface area contributed by atoms with Crippen molar-refractivity contribution >= 4 is 16.9 Å². The normalized spacial score (nSPS) is 21.3. The number of aromatic nitrogens is 2. The van der Waals surface area contributed by atoms with Gasteiger partial charge in [-0.1, -0.05) is 6.07 Å². The van der Waals surface area contributed by atoms with Crippen molar-refractivity contribution in [2.45, 2.75) is 31.2 Å². The van der Waals surface area contributed by atoms with Crippen LogP contribution in [0.3, 0.4) is 0 Å². The van der Waals surface area contributed by atoms with Crippen LogP contribution in [-0.4, -0.2) is 33.4 Å². The highest BCUT2D eigenvalue weighted by molar-refractivity contribution is 5.97. The highest BCUT2D eigenvalue weighted by Crippen LogP contribution is 2.42. The minimum Gasteiger partial charge on any atom is -0.345 e. The number of nitrogens with one attached hydrogen (secondary N) is 1. The summed E-state index contributed by atoms with van der Waals surface area (Å²) in [5.41, 5.74) is 5.70. The Kier molecular flexibility index (Phi) is 3.32. The van der Waals surface area contributed by atoms with Crippen molar-refractivity contribution in [3.8, 4) is 6.07 Å². The molecule has 0 bridgehead atoms. The molecule has 0 spiro atoms. The van der Waals surface area contributed by atoms with Gasteiger partial charge in [0, 0.05) is 24.1 Å². The molecule has 5 heteroatoms. The fourth-order valence-corrected chi connectivity index (χ4v) is 4.60. The average Bonchev–Trinajstić information content (AvgIpc) is 3.30. The average molecular weight is 342 g/mol. The second-order valence-corrected chi connectivity index (χ2v) is 7.18. The summed E-state index contributed by atoms with van der Waals surface area (Å²) in [5.74, 6) is 0.468. The van der Waals surface area contributed by atoms with E-state index in [0.717, 1.165) is 36.8 Å². The van der Waals surface area contributed by atoms with E-state index in [9.17, 15) is 4.79 Å². The minimum atomic E-state index is 0.0875. The van der Waals surface area contributed by atoms with Gasteiger partial charge in [-0.15, -0.1) is 0 Å². The molecule has 0 unspecified atom stereocenters. The van der Waals surface area contributed by atoms with Crippen molar-refractivity contribution in [1.29, 1.82) is 5.26 Å². The third kappa shape index (κ3) is 2.22. The molecule has 1 saturated heterocycles. The number of nitrogens with zero attached hydrogens (tertiary/aromatic N) is 3. The lowest BCUT2D eigenvalue weighted by Crippen LogP contribution is -2.46. The van der Waals surface area contributed by atoms with Crippen LogP contribution in [0.4, 0.5) is 0 Å². The zero-order chi connectivity index (χ0) is 17.7. The Balaban J connectivity index is 1.48. The Morgan fingerprint density at radius 1 is 1.27 bits per heavy atom. The molecule has 128 valence electrons. The molecule has 1 N–H and O–H groups in total. The number of amides is 1. The third-order valence-corrected chi connectivity index (χ3v) is 5.81. The number of hydrogen-bond donors (Lipinski definition) is 1. The van der Waals surface area contributed by atoms with Gasteiger partial charge in [-0.2, -0.15) is 5.26 Å². The molecule has 5 nitrogen and oxygen atoms in total. The van der Waals surface area contributed by atoms with E-state index in [1.807, 2.05) is 35.2 Å². The molecule has 5 rings (SSSR count). The second-order valence-electron chi connectivity index (χ2n) is 7.18. The zero-order valence-electron chi connectivity index (χ0n) is 14.3. The fraction of sp³-hybridized carbons (Fsp3) is 0.286. The van der Waals surface area contributed by atoms with Crippen LogP contribution >= 0.6 is 0 Å². The van der Waals surface area contributed by atoms with Crippen LogP contribution in [0.2, 0.25) is 0 Å². The van der Waals surface area contributed by atoms with Crippen LogP contribution in [0.1, 0.15) is 45.8 Å². The van der Waals surface area contributed by atoms with Gasteiger partial charge in [0.25, 0.3) is 5.91 Å². The van der Waals surface area contributed by atoms with Crippen LogP contribution in [0.15, 0.2) is 42.7 Å². The number of rotatable bonds is 1. The zero-order valence-corrected chi connectivity index (χ0v) is 14.3. The van der Waals surface area contributed by atoms with Crippen molar-refractivity contribution in [2.75, 3.05) is 6.54 Å². The molecular formula is C21H18N4O. The van der Waals surface area contributed by atoms with Gasteiger partial charge in [-0.3, -0.25) is 4.79 Å². The van der Waals surface area contributed by atoms with Crippen LogP contribution in [-0.2, 0) is 6.42 Å². The molecule has 2 atom stereocenters. The fourth-order valence-electron chi connectivity index (χ4n) is 4.60. The Labute approximate surface area is 151 Å². The minimum absolute atomic E-state index is 0.0875. The lowest BCUT2D eigenvalue weighted by atomic mass is 9.88. The first kappa shape index (κ1) is 15.2. The van der Waals surface area contributed by atoms with E-state index in [2.05, 4.69) is 22.1 Å². The summed E-state index contributed by atoms with van der Waals surface area (Å²) in [6.07, 6.45) is 4.61. The van der Waals surface area contributed by atoms with Crippen LogP contribution in [0.25, 0.3) is 11.0 Å². The monoisotopic (exact) mass is 342 g/mol. The number of H-pyrrole nitrogens is 1. The lowest BCUT2D eigenvalue weighted by molar-refractivity contribution is 0.0595. The van der Waals surface area contributed by atoms with E-state index in [-0.39, 0.29) is 11.9 Å². The summed E-state index contributed by atoms with van der Waals surface area (Å²) >= 11 is 0. The maximum absolute atomic E-state index is 13.2. The molecule has 3 aromatic rings. The van der Waals surface area contributed by atoms with Crippen molar-refractivity contribution in [3.63, 3.8) is 0 Å². The third-order valence-electron chi connectivity index (χ3n) is 5.81. The summed E-state index contributed by atoms with van der Waals surface area (Å²) in [7, 11) is 0. The largest absolute Gasteiger partial charge is 0.345 e. The molecule has 0 saturated carbocycles. The highest BCUT2D eigenvalue weighted by atomic mass is 16.2.